The van der Waals surface area contributed by atoms with Crippen LogP contribution < -0.4 is 15.0 Å². The standard InChI is InChI=1S/C53H36N2O3/c1-57-41-22-27-49-47(32-41)46-29-39(21-26-48(46)55(49)58-2)42-15-9-12-34-16-17-38-28-35(18-23-43(38)53(56)52(34)42)37-20-25-45-44-24-19-36(33-10-5-3-6-11-33)30-50(44)54(51(45)31-37)40-13-7-4-8-14-40/h3-32H,1-2H3. The van der Waals surface area contributed by atoms with Crippen LogP contribution in [0.25, 0.3) is 104 Å². The number of nitrogens with zero attached hydrogens (tertiary/aromatic N) is 2. The highest BCUT2D eigenvalue weighted by Crippen LogP contribution is 2.39. The van der Waals surface area contributed by atoms with E-state index in [4.69, 9.17) is 9.57 Å². The highest BCUT2D eigenvalue weighted by molar-refractivity contribution is 6.12. The Morgan fingerprint density at radius 1 is 0.414 bits per heavy atom. The van der Waals surface area contributed by atoms with Gasteiger partial charge in [0.1, 0.15) is 12.9 Å². The third kappa shape index (κ3) is 5.21. The number of hydrogen-bond donors (Lipinski definition) is 0. The van der Waals surface area contributed by atoms with E-state index in [-0.39, 0.29) is 5.43 Å². The summed E-state index contributed by atoms with van der Waals surface area (Å²) >= 11 is 0. The normalized spacial score (nSPS) is 11.7. The van der Waals surface area contributed by atoms with Crippen molar-refractivity contribution in [2.45, 2.75) is 0 Å². The van der Waals surface area contributed by atoms with Crippen molar-refractivity contribution in [1.29, 1.82) is 0 Å². The molecule has 11 aromatic rings. The zero-order valence-corrected chi connectivity index (χ0v) is 31.9. The molecule has 0 saturated carbocycles. The Hall–Kier alpha value is -7.63. The van der Waals surface area contributed by atoms with Gasteiger partial charge in [-0.2, -0.15) is 4.73 Å². The molecular formula is C53H36N2O3. The van der Waals surface area contributed by atoms with E-state index in [1.807, 2.05) is 47.2 Å². The van der Waals surface area contributed by atoms with Crippen molar-refractivity contribution in [3.63, 3.8) is 0 Å². The lowest BCUT2D eigenvalue weighted by molar-refractivity contribution is 0.190. The monoisotopic (exact) mass is 748 g/mol. The van der Waals surface area contributed by atoms with Crippen molar-refractivity contribution in [2.24, 2.45) is 0 Å². The van der Waals surface area contributed by atoms with Crippen LogP contribution in [0.4, 0.5) is 0 Å². The van der Waals surface area contributed by atoms with Gasteiger partial charge in [0.05, 0.1) is 29.2 Å². The Bertz CT molecular complexity index is 3490. The van der Waals surface area contributed by atoms with E-state index in [0.717, 1.165) is 77.3 Å². The zero-order valence-electron chi connectivity index (χ0n) is 31.9. The fraction of sp³-hybridized carbons (Fsp3) is 0.0377. The van der Waals surface area contributed by atoms with Crippen LogP contribution in [0.1, 0.15) is 0 Å². The minimum atomic E-state index is 0.00659. The first-order chi connectivity index (χ1) is 28.6. The van der Waals surface area contributed by atoms with Crippen molar-refractivity contribution in [3.8, 4) is 44.8 Å². The molecule has 2 heterocycles. The van der Waals surface area contributed by atoms with Gasteiger partial charge >= 0.3 is 0 Å². The summed E-state index contributed by atoms with van der Waals surface area (Å²) in [5.74, 6) is 0.772. The molecule has 0 aliphatic rings. The predicted octanol–water partition coefficient (Wildman–Crippen LogP) is 12.6. The van der Waals surface area contributed by atoms with Crippen LogP contribution in [0.5, 0.6) is 5.75 Å². The lowest BCUT2D eigenvalue weighted by Gasteiger charge is -2.10. The van der Waals surface area contributed by atoms with Gasteiger partial charge < -0.3 is 14.1 Å². The van der Waals surface area contributed by atoms with Crippen molar-refractivity contribution in [2.75, 3.05) is 14.2 Å². The van der Waals surface area contributed by atoms with Gasteiger partial charge in [0.25, 0.3) is 0 Å². The third-order valence-electron chi connectivity index (χ3n) is 11.7. The molecule has 9 aromatic carbocycles. The molecule has 0 N–H and O–H groups in total. The zero-order chi connectivity index (χ0) is 38.9. The first kappa shape index (κ1) is 33.7. The molecule has 2 aromatic heterocycles. The number of methoxy groups -OCH3 is 1. The third-order valence-corrected chi connectivity index (χ3v) is 11.7. The Balaban J connectivity index is 1.07. The lowest BCUT2D eigenvalue weighted by atomic mass is 9.97. The summed E-state index contributed by atoms with van der Waals surface area (Å²) in [6, 6.07) is 63.4. The maximum atomic E-state index is 14.7. The summed E-state index contributed by atoms with van der Waals surface area (Å²) in [5.41, 5.74) is 11.7. The molecule has 0 unspecified atom stereocenters. The molecule has 0 fully saturated rings. The van der Waals surface area contributed by atoms with Gasteiger partial charge in [-0.25, -0.2) is 0 Å². The van der Waals surface area contributed by atoms with E-state index >= 15 is 0 Å². The highest BCUT2D eigenvalue weighted by atomic mass is 16.6. The topological polar surface area (TPSA) is 45.4 Å². The van der Waals surface area contributed by atoms with E-state index in [2.05, 4.69) is 144 Å². The summed E-state index contributed by atoms with van der Waals surface area (Å²) in [6.07, 6.45) is 0. The molecule has 5 heteroatoms. The first-order valence-corrected chi connectivity index (χ1v) is 19.4. The van der Waals surface area contributed by atoms with Crippen LogP contribution in [0.15, 0.2) is 187 Å². The van der Waals surface area contributed by atoms with E-state index in [0.29, 0.717) is 10.8 Å². The highest BCUT2D eigenvalue weighted by Gasteiger charge is 2.18. The quantitative estimate of drug-likeness (QED) is 0.170. The number of para-hydroxylation sites is 1. The molecule has 0 aliphatic heterocycles. The van der Waals surface area contributed by atoms with Crippen LogP contribution in [-0.2, 0) is 0 Å². The molecule has 0 radical (unpaired) electrons. The number of hydrogen-bond acceptors (Lipinski definition) is 3. The molecule has 0 amide bonds. The van der Waals surface area contributed by atoms with Crippen LogP contribution in [0, 0.1) is 0 Å². The van der Waals surface area contributed by atoms with Gasteiger partial charge in [-0.05, 0) is 111 Å². The lowest BCUT2D eigenvalue weighted by Crippen LogP contribution is -2.04. The summed E-state index contributed by atoms with van der Waals surface area (Å²) in [4.78, 5) is 20.5. The summed E-state index contributed by atoms with van der Waals surface area (Å²) in [7, 11) is 3.35. The number of aromatic nitrogens is 2. The van der Waals surface area contributed by atoms with Gasteiger partial charge in [0.15, 0.2) is 5.43 Å². The second-order valence-corrected chi connectivity index (χ2v) is 14.8. The van der Waals surface area contributed by atoms with E-state index < -0.39 is 0 Å². The molecule has 0 spiro atoms. The fourth-order valence-corrected chi connectivity index (χ4v) is 8.93. The number of ether oxygens (including phenoxy) is 1. The molecule has 11 rings (SSSR count). The SMILES string of the molecule is COc1ccc2c(c1)c1cc(-c3cccc4ccc5cc(-c6ccc7c8ccc(-c9ccccc9)cc8n(-c8ccccc8)c7c6)ccc5c(=O)c34)ccc1n2OC. The van der Waals surface area contributed by atoms with Crippen molar-refractivity contribution < 1.29 is 9.57 Å². The summed E-state index contributed by atoms with van der Waals surface area (Å²) < 4.78 is 9.77. The van der Waals surface area contributed by atoms with Crippen molar-refractivity contribution in [3.05, 3.63) is 192 Å². The molecule has 5 nitrogen and oxygen atoms in total. The van der Waals surface area contributed by atoms with Gasteiger partial charge in [-0.3, -0.25) is 4.79 Å². The largest absolute Gasteiger partial charge is 0.497 e. The first-order valence-electron chi connectivity index (χ1n) is 19.4. The Morgan fingerprint density at radius 3 is 1.72 bits per heavy atom. The second-order valence-electron chi connectivity index (χ2n) is 14.8. The van der Waals surface area contributed by atoms with Crippen LogP contribution in [0.3, 0.4) is 0 Å². The Morgan fingerprint density at radius 2 is 1.02 bits per heavy atom. The van der Waals surface area contributed by atoms with Crippen LogP contribution >= 0.6 is 0 Å². The average molecular weight is 749 g/mol. The number of benzene rings is 8. The van der Waals surface area contributed by atoms with Gasteiger partial charge in [-0.1, -0.05) is 115 Å². The molecule has 0 saturated heterocycles. The Kier molecular flexibility index (Phi) is 7.70. The maximum Gasteiger partial charge on any atom is 0.194 e. The van der Waals surface area contributed by atoms with Crippen molar-refractivity contribution >= 4 is 65.2 Å². The van der Waals surface area contributed by atoms with E-state index in [1.165, 1.54) is 21.9 Å². The molecule has 0 aliphatic carbocycles. The van der Waals surface area contributed by atoms with Gasteiger partial charge in [0.2, 0.25) is 0 Å². The predicted molar refractivity (Wildman–Crippen MR) is 240 cm³/mol. The van der Waals surface area contributed by atoms with Crippen molar-refractivity contribution in [1.82, 2.24) is 9.30 Å². The minimum Gasteiger partial charge on any atom is -0.497 e. The van der Waals surface area contributed by atoms with Gasteiger partial charge in [-0.15, -0.1) is 0 Å². The van der Waals surface area contributed by atoms with E-state index in [1.54, 1.807) is 14.2 Å². The van der Waals surface area contributed by atoms with Crippen LogP contribution in [0.2, 0.25) is 0 Å². The average Bonchev–Trinajstić information content (AvgIpc) is 3.73. The Labute approximate surface area is 334 Å². The summed E-state index contributed by atoms with van der Waals surface area (Å²) in [5, 5.41) is 7.60. The molecule has 58 heavy (non-hydrogen) atoms. The maximum absolute atomic E-state index is 14.7. The number of rotatable bonds is 6. The number of fused-ring (bicyclic) bond motifs is 8. The molecule has 0 atom stereocenters. The van der Waals surface area contributed by atoms with Crippen LogP contribution in [-0.4, -0.2) is 23.5 Å². The fourth-order valence-electron chi connectivity index (χ4n) is 8.93. The smallest absolute Gasteiger partial charge is 0.194 e. The minimum absolute atomic E-state index is 0.00659. The second kappa shape index (κ2) is 13.2. The van der Waals surface area contributed by atoms with E-state index in [9.17, 15) is 4.79 Å². The molecule has 276 valence electrons. The van der Waals surface area contributed by atoms with Gasteiger partial charge in [0, 0.05) is 38.0 Å². The summed E-state index contributed by atoms with van der Waals surface area (Å²) in [6.45, 7) is 0. The molecule has 0 bridgehead atoms. The molecular weight excluding hydrogens is 713 g/mol.